The van der Waals surface area contributed by atoms with Crippen molar-refractivity contribution >= 4 is 70.0 Å². The first kappa shape index (κ1) is 31.9. The highest BCUT2D eigenvalue weighted by Gasteiger charge is 2.73. The molecule has 0 unspecified atom stereocenters. The van der Waals surface area contributed by atoms with E-state index in [0.29, 0.717) is 32.8 Å². The summed E-state index contributed by atoms with van der Waals surface area (Å²) in [6.45, 7) is 0. The number of carbonyl (C=O) groups is 4. The third-order valence-corrected chi connectivity index (χ3v) is 11.3. The minimum absolute atomic E-state index is 0.0140. The zero-order valence-electron chi connectivity index (χ0n) is 24.7. The maximum absolute atomic E-state index is 14.7. The molecule has 1 heterocycles. The summed E-state index contributed by atoms with van der Waals surface area (Å²) in [7, 11) is 0. The van der Waals surface area contributed by atoms with Crippen LogP contribution in [-0.4, -0.2) is 46.5 Å². The number of benzene rings is 4. The molecule has 4 aromatic carbocycles. The summed E-state index contributed by atoms with van der Waals surface area (Å²) in [6, 6.07) is 28.4. The maximum atomic E-state index is 14.7. The van der Waals surface area contributed by atoms with Crippen LogP contribution in [0.4, 0.5) is 0 Å². The lowest BCUT2D eigenvalue weighted by Gasteiger charge is -2.54. The van der Waals surface area contributed by atoms with E-state index in [2.05, 4.69) is 0 Å². The van der Waals surface area contributed by atoms with Gasteiger partial charge >= 0.3 is 5.97 Å². The number of likely N-dealkylation sites (tertiary alicyclic amines) is 1. The SMILES string of the molecule is O=C(c1ccc(Cl)cc1)[C@H](CCCl)OC(=O)[C@H](Cc1ccccc1)N1C(=O)[C@@H]2[C@@H](C1=O)C1(Cl)c3ccccc3C2(Cl)c2ccccc21. The lowest BCUT2D eigenvalue weighted by Crippen LogP contribution is -2.57. The van der Waals surface area contributed by atoms with Crippen LogP contribution >= 0.6 is 46.4 Å². The van der Waals surface area contributed by atoms with Gasteiger partial charge in [-0.25, -0.2) is 4.79 Å². The van der Waals surface area contributed by atoms with Crippen LogP contribution in [0.25, 0.3) is 0 Å². The number of amides is 2. The zero-order valence-corrected chi connectivity index (χ0v) is 27.8. The van der Waals surface area contributed by atoms with E-state index in [4.69, 9.17) is 51.1 Å². The van der Waals surface area contributed by atoms with Crippen molar-refractivity contribution in [3.8, 4) is 0 Å². The third-order valence-electron chi connectivity index (χ3n) is 9.53. The second kappa shape index (κ2) is 12.1. The molecule has 0 aromatic heterocycles. The van der Waals surface area contributed by atoms with Gasteiger partial charge in [-0.05, 0) is 52.1 Å². The Morgan fingerprint density at radius 1 is 0.723 bits per heavy atom. The van der Waals surface area contributed by atoms with E-state index in [1.54, 1.807) is 36.4 Å². The molecule has 4 aromatic rings. The number of hydrogen-bond acceptors (Lipinski definition) is 5. The predicted molar refractivity (Wildman–Crippen MR) is 180 cm³/mol. The van der Waals surface area contributed by atoms with Crippen molar-refractivity contribution in [2.75, 3.05) is 5.88 Å². The van der Waals surface area contributed by atoms with Crippen LogP contribution in [0, 0.1) is 11.8 Å². The molecule has 8 rings (SSSR count). The second-order valence-corrected chi connectivity index (χ2v) is 14.0. The molecule has 47 heavy (non-hydrogen) atoms. The first-order valence-electron chi connectivity index (χ1n) is 15.2. The lowest BCUT2D eigenvalue weighted by atomic mass is 9.54. The summed E-state index contributed by atoms with van der Waals surface area (Å²) in [6.07, 6.45) is -1.30. The molecule has 1 saturated heterocycles. The van der Waals surface area contributed by atoms with Gasteiger partial charge in [0.1, 0.15) is 15.8 Å². The molecule has 1 aliphatic heterocycles. The largest absolute Gasteiger partial charge is 0.452 e. The lowest BCUT2D eigenvalue weighted by molar-refractivity contribution is -0.161. The number of imide groups is 1. The van der Waals surface area contributed by atoms with Gasteiger partial charge in [-0.1, -0.05) is 90.5 Å². The molecule has 4 aliphatic rings. The van der Waals surface area contributed by atoms with Gasteiger partial charge in [0.25, 0.3) is 0 Å². The molecular formula is C37H27Cl4NO5. The zero-order chi connectivity index (χ0) is 33.1. The first-order valence-corrected chi connectivity index (χ1v) is 16.8. The monoisotopic (exact) mass is 705 g/mol. The highest BCUT2D eigenvalue weighted by atomic mass is 35.5. The van der Waals surface area contributed by atoms with Gasteiger partial charge in [-0.3, -0.25) is 19.3 Å². The summed E-state index contributed by atoms with van der Waals surface area (Å²) in [4.78, 5) is 55.3. The summed E-state index contributed by atoms with van der Waals surface area (Å²) >= 11 is 27.2. The maximum Gasteiger partial charge on any atom is 0.330 e. The first-order chi connectivity index (χ1) is 22.6. The molecule has 238 valence electrons. The molecule has 0 spiro atoms. The number of hydrogen-bond donors (Lipinski definition) is 0. The number of carbonyl (C=O) groups excluding carboxylic acids is 4. The molecule has 2 bridgehead atoms. The number of ketones is 1. The summed E-state index contributed by atoms with van der Waals surface area (Å²) < 4.78 is 5.86. The Hall–Kier alpha value is -3.68. The Balaban J connectivity index is 1.31. The molecule has 6 nitrogen and oxygen atoms in total. The van der Waals surface area contributed by atoms with E-state index in [1.807, 2.05) is 54.6 Å². The number of nitrogens with zero attached hydrogens (tertiary/aromatic N) is 1. The van der Waals surface area contributed by atoms with Crippen molar-refractivity contribution in [1.29, 1.82) is 0 Å². The van der Waals surface area contributed by atoms with Crippen molar-refractivity contribution < 1.29 is 23.9 Å². The fourth-order valence-corrected chi connectivity index (χ4v) is 8.90. The molecule has 2 amide bonds. The Morgan fingerprint density at radius 3 is 1.66 bits per heavy atom. The highest BCUT2D eigenvalue weighted by Crippen LogP contribution is 2.69. The minimum Gasteiger partial charge on any atom is -0.452 e. The van der Waals surface area contributed by atoms with Gasteiger partial charge in [0.05, 0.1) is 11.8 Å². The van der Waals surface area contributed by atoms with Crippen LogP contribution in [0.3, 0.4) is 0 Å². The number of rotatable bonds is 9. The number of Topliss-reactive ketones (excluding diaryl/α,β-unsaturated/α-hetero) is 1. The fourth-order valence-electron chi connectivity index (χ4n) is 7.47. The van der Waals surface area contributed by atoms with Crippen LogP contribution in [-0.2, 0) is 35.3 Å². The van der Waals surface area contributed by atoms with E-state index >= 15 is 0 Å². The van der Waals surface area contributed by atoms with Gasteiger partial charge in [0, 0.05) is 29.3 Å². The fraction of sp³-hybridized carbons (Fsp3) is 0.243. The molecule has 0 saturated carbocycles. The van der Waals surface area contributed by atoms with Gasteiger partial charge in [0.2, 0.25) is 17.6 Å². The van der Waals surface area contributed by atoms with E-state index in [9.17, 15) is 19.2 Å². The van der Waals surface area contributed by atoms with Crippen molar-refractivity contribution in [2.24, 2.45) is 11.8 Å². The van der Waals surface area contributed by atoms with E-state index in [0.717, 1.165) is 4.90 Å². The van der Waals surface area contributed by atoms with E-state index < -0.39 is 57.3 Å². The molecule has 0 N–H and O–H groups in total. The number of ether oxygens (including phenoxy) is 1. The molecule has 3 aliphatic carbocycles. The van der Waals surface area contributed by atoms with Crippen LogP contribution in [0.2, 0.25) is 5.02 Å². The predicted octanol–water partition coefficient (Wildman–Crippen LogP) is 7.27. The summed E-state index contributed by atoms with van der Waals surface area (Å²) in [5.41, 5.74) is 3.56. The summed E-state index contributed by atoms with van der Waals surface area (Å²) in [5.74, 6) is -4.82. The van der Waals surface area contributed by atoms with Crippen molar-refractivity contribution in [1.82, 2.24) is 4.90 Å². The van der Waals surface area contributed by atoms with Crippen LogP contribution in [0.15, 0.2) is 103 Å². The molecule has 0 radical (unpaired) electrons. The summed E-state index contributed by atoms with van der Waals surface area (Å²) in [5, 5.41) is 0.440. The van der Waals surface area contributed by atoms with E-state index in [-0.39, 0.29) is 24.3 Å². The average Bonchev–Trinajstić information content (AvgIpc) is 3.36. The number of esters is 1. The van der Waals surface area contributed by atoms with Crippen molar-refractivity contribution in [3.05, 3.63) is 142 Å². The minimum atomic E-state index is -1.41. The molecule has 10 heteroatoms. The number of alkyl halides is 3. The van der Waals surface area contributed by atoms with Crippen molar-refractivity contribution in [2.45, 2.75) is 34.7 Å². The highest BCUT2D eigenvalue weighted by molar-refractivity contribution is 6.36. The molecule has 4 atom stereocenters. The van der Waals surface area contributed by atoms with Gasteiger partial charge in [-0.2, -0.15) is 0 Å². The average molecular weight is 707 g/mol. The topological polar surface area (TPSA) is 80.8 Å². The van der Waals surface area contributed by atoms with E-state index in [1.165, 1.54) is 12.1 Å². The quantitative estimate of drug-likeness (QED) is 0.0792. The van der Waals surface area contributed by atoms with Gasteiger partial charge in [0.15, 0.2) is 6.10 Å². The van der Waals surface area contributed by atoms with Crippen LogP contribution < -0.4 is 0 Å². The number of halogens is 4. The third kappa shape index (κ3) is 4.83. The Bertz CT molecular complexity index is 1790. The van der Waals surface area contributed by atoms with Crippen LogP contribution in [0.5, 0.6) is 0 Å². The molecular weight excluding hydrogens is 680 g/mol. The Morgan fingerprint density at radius 2 is 1.19 bits per heavy atom. The van der Waals surface area contributed by atoms with Crippen molar-refractivity contribution in [3.63, 3.8) is 0 Å². The normalized spacial score (nSPS) is 25.1. The molecule has 1 fully saturated rings. The Kier molecular flexibility index (Phi) is 8.20. The van der Waals surface area contributed by atoms with Gasteiger partial charge in [-0.15, -0.1) is 34.8 Å². The van der Waals surface area contributed by atoms with Gasteiger partial charge < -0.3 is 4.74 Å². The standard InChI is InChI=1S/C37H27Cl4NO5/c38-19-18-29(32(43)22-14-16-23(39)17-15-22)47-35(46)28(20-21-8-2-1-3-9-21)42-33(44)30-31(34(42)45)37(41)25-11-5-4-10-24(25)36(30,40)26-12-6-7-13-27(26)37/h1-17,28-31H,18-20H2/t28-,29-,30-,31-,36?,37?/m0/s1. The smallest absolute Gasteiger partial charge is 0.330 e. The Labute approximate surface area is 291 Å². The second-order valence-electron chi connectivity index (χ2n) is 12.0. The van der Waals surface area contributed by atoms with Crippen LogP contribution in [0.1, 0.15) is 44.6 Å².